The van der Waals surface area contributed by atoms with Crippen molar-refractivity contribution in [3.8, 4) is 5.75 Å². The van der Waals surface area contributed by atoms with Crippen molar-refractivity contribution in [2.45, 2.75) is 39.3 Å². The number of hydrogen-bond donors (Lipinski definition) is 2. The van der Waals surface area contributed by atoms with Gasteiger partial charge in [-0.05, 0) is 38.3 Å². The number of aliphatic imine (C=N–C) groups is 1. The van der Waals surface area contributed by atoms with Gasteiger partial charge in [-0.3, -0.25) is 4.99 Å². The molecule has 1 heterocycles. The Kier molecular flexibility index (Phi) is 9.31. The topological polar surface area (TPSA) is 54.9 Å². The summed E-state index contributed by atoms with van der Waals surface area (Å²) >= 11 is 0. The standard InChI is InChI=1S/C17H27N3O2.HI/c1-4-19-17(18-3)20-11-14-8-7-13(2)10-16(14)22-12-15-6-5-9-21-15;/h7-8,10,15H,4-6,9,11-12H2,1-3H3,(H2,18,19,20);1H. The van der Waals surface area contributed by atoms with Crippen LogP contribution in [0.15, 0.2) is 23.2 Å². The normalized spacial score (nSPS) is 17.5. The van der Waals surface area contributed by atoms with Crippen LogP contribution in [0.3, 0.4) is 0 Å². The fraction of sp³-hybridized carbons (Fsp3) is 0.588. The molecule has 130 valence electrons. The van der Waals surface area contributed by atoms with Gasteiger partial charge in [-0.2, -0.15) is 0 Å². The molecule has 0 aliphatic carbocycles. The largest absolute Gasteiger partial charge is 0.491 e. The minimum atomic E-state index is 0. The molecule has 0 bridgehead atoms. The number of ether oxygens (including phenoxy) is 2. The van der Waals surface area contributed by atoms with E-state index in [9.17, 15) is 0 Å². The molecule has 5 nitrogen and oxygen atoms in total. The van der Waals surface area contributed by atoms with Gasteiger partial charge in [0.25, 0.3) is 0 Å². The van der Waals surface area contributed by atoms with Gasteiger partial charge in [-0.1, -0.05) is 12.1 Å². The first-order valence-electron chi connectivity index (χ1n) is 8.01. The number of benzene rings is 1. The Hall–Kier alpha value is -1.02. The highest BCUT2D eigenvalue weighted by Crippen LogP contribution is 2.22. The molecular weight excluding hydrogens is 405 g/mol. The van der Waals surface area contributed by atoms with Crippen LogP contribution in [-0.2, 0) is 11.3 Å². The predicted molar refractivity (Wildman–Crippen MR) is 105 cm³/mol. The van der Waals surface area contributed by atoms with Crippen LogP contribution in [0.4, 0.5) is 0 Å². The van der Waals surface area contributed by atoms with Crippen molar-refractivity contribution in [2.24, 2.45) is 4.99 Å². The molecule has 0 radical (unpaired) electrons. The van der Waals surface area contributed by atoms with Gasteiger partial charge >= 0.3 is 0 Å². The van der Waals surface area contributed by atoms with Crippen LogP contribution in [0, 0.1) is 6.92 Å². The summed E-state index contributed by atoms with van der Waals surface area (Å²) in [5, 5.41) is 6.49. The summed E-state index contributed by atoms with van der Waals surface area (Å²) in [6, 6.07) is 6.29. The Balaban J connectivity index is 0.00000264. The second kappa shape index (κ2) is 10.7. The van der Waals surface area contributed by atoms with E-state index in [2.05, 4.69) is 47.7 Å². The lowest BCUT2D eigenvalue weighted by Crippen LogP contribution is -2.36. The van der Waals surface area contributed by atoms with Gasteiger partial charge in [0.15, 0.2) is 5.96 Å². The van der Waals surface area contributed by atoms with Crippen LogP contribution >= 0.6 is 24.0 Å². The minimum absolute atomic E-state index is 0. The van der Waals surface area contributed by atoms with Crippen LogP contribution in [0.5, 0.6) is 5.75 Å². The maximum absolute atomic E-state index is 6.00. The highest BCUT2D eigenvalue weighted by atomic mass is 127. The van der Waals surface area contributed by atoms with E-state index in [0.29, 0.717) is 13.2 Å². The SMILES string of the molecule is CCNC(=NC)NCc1ccc(C)cc1OCC1CCCO1.I. The van der Waals surface area contributed by atoms with Gasteiger partial charge < -0.3 is 20.1 Å². The maximum atomic E-state index is 6.00. The molecule has 1 saturated heterocycles. The van der Waals surface area contributed by atoms with Crippen LogP contribution in [0.1, 0.15) is 30.9 Å². The van der Waals surface area contributed by atoms with E-state index >= 15 is 0 Å². The molecule has 2 rings (SSSR count). The Labute approximate surface area is 156 Å². The van der Waals surface area contributed by atoms with Crippen LogP contribution in [0.2, 0.25) is 0 Å². The van der Waals surface area contributed by atoms with E-state index in [-0.39, 0.29) is 30.1 Å². The zero-order valence-corrected chi connectivity index (χ0v) is 16.6. The summed E-state index contributed by atoms with van der Waals surface area (Å²) in [7, 11) is 1.77. The summed E-state index contributed by atoms with van der Waals surface area (Å²) < 4.78 is 11.6. The van der Waals surface area contributed by atoms with Crippen molar-refractivity contribution in [2.75, 3.05) is 26.8 Å². The molecule has 1 aliphatic heterocycles. The number of guanidine groups is 1. The number of hydrogen-bond acceptors (Lipinski definition) is 3. The van der Waals surface area contributed by atoms with Crippen LogP contribution in [-0.4, -0.2) is 38.9 Å². The Morgan fingerprint density at radius 2 is 2.22 bits per heavy atom. The first kappa shape index (κ1) is 20.0. The number of nitrogens with one attached hydrogen (secondary N) is 2. The molecule has 1 aromatic rings. The average molecular weight is 433 g/mol. The zero-order valence-electron chi connectivity index (χ0n) is 14.2. The van der Waals surface area contributed by atoms with Crippen molar-refractivity contribution < 1.29 is 9.47 Å². The molecule has 1 aromatic carbocycles. The highest BCUT2D eigenvalue weighted by Gasteiger charge is 2.17. The van der Waals surface area contributed by atoms with Gasteiger partial charge in [0.05, 0.1) is 6.10 Å². The first-order chi connectivity index (χ1) is 10.7. The second-order valence-corrected chi connectivity index (χ2v) is 5.51. The number of aryl methyl sites for hydroxylation is 1. The van der Waals surface area contributed by atoms with E-state index in [1.165, 1.54) is 5.56 Å². The molecule has 0 aromatic heterocycles. The minimum Gasteiger partial charge on any atom is -0.491 e. The fourth-order valence-corrected chi connectivity index (χ4v) is 2.47. The molecular formula is C17H28IN3O2. The van der Waals surface area contributed by atoms with Crippen molar-refractivity contribution in [3.63, 3.8) is 0 Å². The van der Waals surface area contributed by atoms with E-state index in [1.807, 2.05) is 0 Å². The molecule has 0 spiro atoms. The van der Waals surface area contributed by atoms with Gasteiger partial charge in [0.1, 0.15) is 12.4 Å². The quantitative estimate of drug-likeness (QED) is 0.412. The average Bonchev–Trinajstić information content (AvgIpc) is 3.04. The van der Waals surface area contributed by atoms with E-state index in [4.69, 9.17) is 9.47 Å². The Morgan fingerprint density at radius 3 is 2.87 bits per heavy atom. The third kappa shape index (κ3) is 6.55. The molecule has 6 heteroatoms. The third-order valence-corrected chi connectivity index (χ3v) is 3.69. The Morgan fingerprint density at radius 1 is 1.39 bits per heavy atom. The van der Waals surface area contributed by atoms with E-state index in [0.717, 1.165) is 43.3 Å². The van der Waals surface area contributed by atoms with E-state index in [1.54, 1.807) is 7.05 Å². The molecule has 1 fully saturated rings. The molecule has 1 aliphatic rings. The van der Waals surface area contributed by atoms with Crippen LogP contribution < -0.4 is 15.4 Å². The smallest absolute Gasteiger partial charge is 0.191 e. The van der Waals surface area contributed by atoms with Crippen molar-refractivity contribution in [3.05, 3.63) is 29.3 Å². The van der Waals surface area contributed by atoms with E-state index < -0.39 is 0 Å². The number of halogens is 1. The number of nitrogens with zero attached hydrogens (tertiary/aromatic N) is 1. The fourth-order valence-electron chi connectivity index (χ4n) is 2.47. The van der Waals surface area contributed by atoms with Crippen molar-refractivity contribution in [1.29, 1.82) is 0 Å². The predicted octanol–water partition coefficient (Wildman–Crippen LogP) is 2.86. The third-order valence-electron chi connectivity index (χ3n) is 3.69. The summed E-state index contributed by atoms with van der Waals surface area (Å²) in [5.41, 5.74) is 2.32. The molecule has 1 unspecified atom stereocenters. The number of rotatable bonds is 6. The lowest BCUT2D eigenvalue weighted by molar-refractivity contribution is 0.0676. The lowest BCUT2D eigenvalue weighted by Gasteiger charge is -2.17. The van der Waals surface area contributed by atoms with Crippen LogP contribution in [0.25, 0.3) is 0 Å². The van der Waals surface area contributed by atoms with Gasteiger partial charge in [0.2, 0.25) is 0 Å². The summed E-state index contributed by atoms with van der Waals surface area (Å²) in [5.74, 6) is 1.73. The first-order valence-corrected chi connectivity index (χ1v) is 8.01. The Bertz CT molecular complexity index is 503. The highest BCUT2D eigenvalue weighted by molar-refractivity contribution is 14.0. The lowest BCUT2D eigenvalue weighted by atomic mass is 10.1. The van der Waals surface area contributed by atoms with Gasteiger partial charge in [-0.25, -0.2) is 0 Å². The van der Waals surface area contributed by atoms with Crippen molar-refractivity contribution in [1.82, 2.24) is 10.6 Å². The molecule has 23 heavy (non-hydrogen) atoms. The summed E-state index contributed by atoms with van der Waals surface area (Å²) in [6.07, 6.45) is 2.46. The maximum Gasteiger partial charge on any atom is 0.191 e. The molecule has 2 N–H and O–H groups in total. The summed E-state index contributed by atoms with van der Waals surface area (Å²) in [4.78, 5) is 4.18. The van der Waals surface area contributed by atoms with Gasteiger partial charge in [0, 0.05) is 32.3 Å². The molecule has 0 amide bonds. The second-order valence-electron chi connectivity index (χ2n) is 5.51. The molecule has 1 atom stereocenters. The summed E-state index contributed by atoms with van der Waals surface area (Å²) in [6.45, 7) is 7.13. The van der Waals surface area contributed by atoms with Crippen molar-refractivity contribution >= 4 is 29.9 Å². The zero-order chi connectivity index (χ0) is 15.8. The monoisotopic (exact) mass is 433 g/mol. The molecule has 0 saturated carbocycles. The van der Waals surface area contributed by atoms with Gasteiger partial charge in [-0.15, -0.1) is 24.0 Å².